The highest BCUT2D eigenvalue weighted by Crippen LogP contribution is 2.29. The minimum Gasteiger partial charge on any atom is -0.384 e. The Morgan fingerprint density at radius 3 is 2.42 bits per heavy atom. The highest BCUT2D eigenvalue weighted by molar-refractivity contribution is 6.07. The summed E-state index contributed by atoms with van der Waals surface area (Å²) in [7, 11) is 0. The zero-order valence-corrected chi connectivity index (χ0v) is 15.2. The lowest BCUT2D eigenvalue weighted by atomic mass is 10.0. The summed E-state index contributed by atoms with van der Waals surface area (Å²) >= 11 is 0. The van der Waals surface area contributed by atoms with Crippen molar-refractivity contribution in [2.75, 3.05) is 18.8 Å². The van der Waals surface area contributed by atoms with Gasteiger partial charge in [0.25, 0.3) is 0 Å². The van der Waals surface area contributed by atoms with Gasteiger partial charge < -0.3 is 10.7 Å². The summed E-state index contributed by atoms with van der Waals surface area (Å²) < 4.78 is 0. The summed E-state index contributed by atoms with van der Waals surface area (Å²) in [5, 5.41) is 2.12. The quantitative estimate of drug-likeness (QED) is 0.568. The first kappa shape index (κ1) is 16.5. The Morgan fingerprint density at radius 2 is 1.69 bits per heavy atom. The summed E-state index contributed by atoms with van der Waals surface area (Å²) in [6.07, 6.45) is 3.67. The summed E-state index contributed by atoms with van der Waals surface area (Å²) in [6, 6.07) is 12.8. The van der Waals surface area contributed by atoms with Crippen LogP contribution in [0.4, 0.5) is 5.82 Å². The van der Waals surface area contributed by atoms with Gasteiger partial charge in [-0.3, -0.25) is 4.90 Å². The maximum absolute atomic E-state index is 5.85. The molecule has 0 saturated heterocycles. The van der Waals surface area contributed by atoms with Crippen molar-refractivity contribution in [3.8, 4) is 11.1 Å². The average Bonchev–Trinajstić information content (AvgIpc) is 3.03. The van der Waals surface area contributed by atoms with Gasteiger partial charge >= 0.3 is 0 Å². The molecule has 0 fully saturated rings. The highest BCUT2D eigenvalue weighted by atomic mass is 15.1. The fourth-order valence-corrected chi connectivity index (χ4v) is 3.36. The molecule has 0 unspecified atom stereocenters. The number of nitrogens with two attached hydrogens (primary N) is 1. The van der Waals surface area contributed by atoms with E-state index >= 15 is 0 Å². The molecule has 0 aliphatic heterocycles. The molecule has 0 bridgehead atoms. The van der Waals surface area contributed by atoms with Gasteiger partial charge in [-0.25, -0.2) is 9.97 Å². The first-order chi connectivity index (χ1) is 12.7. The van der Waals surface area contributed by atoms with E-state index in [0.717, 1.165) is 47.1 Å². The monoisotopic (exact) mass is 345 g/mol. The van der Waals surface area contributed by atoms with Crippen LogP contribution in [0.5, 0.6) is 0 Å². The van der Waals surface area contributed by atoms with Gasteiger partial charge in [0.2, 0.25) is 0 Å². The molecule has 0 saturated carbocycles. The number of hydrogen-bond donors (Lipinski definition) is 2. The second-order valence-corrected chi connectivity index (χ2v) is 6.56. The summed E-state index contributed by atoms with van der Waals surface area (Å²) in [5.74, 6) is 0.518. The molecule has 132 valence electrons. The topological polar surface area (TPSA) is 70.8 Å². The minimum absolute atomic E-state index is 0.518. The van der Waals surface area contributed by atoms with Gasteiger partial charge in [-0.1, -0.05) is 38.1 Å². The SMILES string of the molecule is CCN(CC)Cc1ccc(-c2cnc3[nH]c4cnc(N)cc4c3c2)cc1. The van der Waals surface area contributed by atoms with Gasteiger partial charge in [0.15, 0.2) is 0 Å². The van der Waals surface area contributed by atoms with Gasteiger partial charge in [-0.2, -0.15) is 0 Å². The molecule has 0 atom stereocenters. The maximum Gasteiger partial charge on any atom is 0.138 e. The fraction of sp³-hybridized carbons (Fsp3) is 0.238. The normalized spacial score (nSPS) is 11.7. The number of aromatic nitrogens is 3. The van der Waals surface area contributed by atoms with Crippen LogP contribution < -0.4 is 5.73 Å². The number of aromatic amines is 1. The van der Waals surface area contributed by atoms with Gasteiger partial charge in [-0.05, 0) is 36.3 Å². The Bertz CT molecular complexity index is 1050. The molecule has 5 heteroatoms. The number of rotatable bonds is 5. The Morgan fingerprint density at radius 1 is 0.923 bits per heavy atom. The van der Waals surface area contributed by atoms with Crippen LogP contribution in [0.3, 0.4) is 0 Å². The molecule has 3 N–H and O–H groups in total. The zero-order valence-electron chi connectivity index (χ0n) is 15.2. The molecule has 0 radical (unpaired) electrons. The molecule has 1 aromatic carbocycles. The lowest BCUT2D eigenvalue weighted by Crippen LogP contribution is -2.21. The van der Waals surface area contributed by atoms with Crippen LogP contribution in [0.1, 0.15) is 19.4 Å². The van der Waals surface area contributed by atoms with E-state index in [9.17, 15) is 0 Å². The molecular weight excluding hydrogens is 322 g/mol. The summed E-state index contributed by atoms with van der Waals surface area (Å²) in [5.41, 5.74) is 11.3. The molecule has 26 heavy (non-hydrogen) atoms. The van der Waals surface area contributed by atoms with Gasteiger partial charge in [0.1, 0.15) is 11.5 Å². The molecular formula is C21H23N5. The van der Waals surface area contributed by atoms with E-state index in [1.165, 1.54) is 11.1 Å². The van der Waals surface area contributed by atoms with Crippen LogP contribution in [0, 0.1) is 0 Å². The Balaban J connectivity index is 1.70. The second kappa shape index (κ2) is 6.77. The first-order valence-corrected chi connectivity index (χ1v) is 9.02. The Kier molecular flexibility index (Phi) is 4.31. The second-order valence-electron chi connectivity index (χ2n) is 6.56. The van der Waals surface area contributed by atoms with Crippen molar-refractivity contribution in [1.29, 1.82) is 0 Å². The van der Waals surface area contributed by atoms with E-state index < -0.39 is 0 Å². The van der Waals surface area contributed by atoms with Crippen LogP contribution in [-0.2, 0) is 6.54 Å². The number of benzene rings is 1. The molecule has 0 spiro atoms. The average molecular weight is 345 g/mol. The zero-order chi connectivity index (χ0) is 18.1. The molecule has 4 aromatic rings. The van der Waals surface area contributed by atoms with Gasteiger partial charge in [0, 0.05) is 29.1 Å². The third kappa shape index (κ3) is 3.02. The number of pyridine rings is 2. The first-order valence-electron chi connectivity index (χ1n) is 9.02. The molecule has 0 aliphatic carbocycles. The van der Waals surface area contributed by atoms with E-state index in [1.54, 1.807) is 6.20 Å². The van der Waals surface area contributed by atoms with Crippen LogP contribution >= 0.6 is 0 Å². The molecule has 4 rings (SSSR count). The van der Waals surface area contributed by atoms with Crippen LogP contribution in [0.25, 0.3) is 33.1 Å². The maximum atomic E-state index is 5.85. The van der Waals surface area contributed by atoms with Crippen molar-refractivity contribution < 1.29 is 0 Å². The van der Waals surface area contributed by atoms with Crippen molar-refractivity contribution in [3.63, 3.8) is 0 Å². The largest absolute Gasteiger partial charge is 0.384 e. The standard InChI is InChI=1S/C21H23N5/c1-3-26(4-2)13-14-5-7-15(8-6-14)16-9-18-17-10-20(22)23-12-19(17)25-21(18)24-11-16/h5-12H,3-4,13H2,1-2H3,(H2,22,23)(H,24,25). The highest BCUT2D eigenvalue weighted by Gasteiger charge is 2.09. The predicted octanol–water partition coefficient (Wildman–Crippen LogP) is 4.20. The van der Waals surface area contributed by atoms with E-state index in [0.29, 0.717) is 5.82 Å². The number of nitrogens with zero attached hydrogens (tertiary/aromatic N) is 3. The predicted molar refractivity (Wildman–Crippen MR) is 108 cm³/mol. The van der Waals surface area contributed by atoms with E-state index in [2.05, 4.69) is 64.0 Å². The fourth-order valence-electron chi connectivity index (χ4n) is 3.36. The van der Waals surface area contributed by atoms with E-state index in [-0.39, 0.29) is 0 Å². The lowest BCUT2D eigenvalue weighted by Gasteiger charge is -2.18. The summed E-state index contributed by atoms with van der Waals surface area (Å²) in [4.78, 5) is 14.4. The van der Waals surface area contributed by atoms with Crippen LogP contribution in [0.15, 0.2) is 48.8 Å². The Labute approximate surface area is 152 Å². The van der Waals surface area contributed by atoms with Crippen molar-refractivity contribution >= 4 is 27.8 Å². The van der Waals surface area contributed by atoms with Crippen molar-refractivity contribution in [2.24, 2.45) is 0 Å². The molecule has 3 aromatic heterocycles. The van der Waals surface area contributed by atoms with Crippen molar-refractivity contribution in [1.82, 2.24) is 19.9 Å². The third-order valence-corrected chi connectivity index (χ3v) is 4.94. The number of nitrogen functional groups attached to an aromatic ring is 1. The number of H-pyrrole nitrogens is 1. The molecule has 0 aliphatic rings. The van der Waals surface area contributed by atoms with Gasteiger partial charge in [0.05, 0.1) is 11.7 Å². The van der Waals surface area contributed by atoms with E-state index in [4.69, 9.17) is 5.73 Å². The minimum atomic E-state index is 0.518. The Hall–Kier alpha value is -2.92. The van der Waals surface area contributed by atoms with Crippen molar-refractivity contribution in [3.05, 3.63) is 54.4 Å². The van der Waals surface area contributed by atoms with Gasteiger partial charge in [-0.15, -0.1) is 0 Å². The number of hydrogen-bond acceptors (Lipinski definition) is 4. The number of nitrogens with one attached hydrogen (secondary N) is 1. The third-order valence-electron chi connectivity index (χ3n) is 4.94. The van der Waals surface area contributed by atoms with Crippen LogP contribution in [0.2, 0.25) is 0 Å². The number of anilines is 1. The summed E-state index contributed by atoms with van der Waals surface area (Å²) in [6.45, 7) is 7.51. The smallest absolute Gasteiger partial charge is 0.138 e. The van der Waals surface area contributed by atoms with Crippen LogP contribution in [-0.4, -0.2) is 32.9 Å². The molecule has 3 heterocycles. The van der Waals surface area contributed by atoms with Crippen molar-refractivity contribution in [2.45, 2.75) is 20.4 Å². The number of fused-ring (bicyclic) bond motifs is 3. The van der Waals surface area contributed by atoms with E-state index in [1.807, 2.05) is 12.3 Å². The molecule has 5 nitrogen and oxygen atoms in total. The lowest BCUT2D eigenvalue weighted by molar-refractivity contribution is 0.296. The molecule has 0 amide bonds.